The van der Waals surface area contributed by atoms with Crippen molar-refractivity contribution in [1.82, 2.24) is 0 Å². The monoisotopic (exact) mass is 719 g/mol. The highest BCUT2D eigenvalue weighted by atomic mass is 32.1. The molecule has 0 bridgehead atoms. The van der Waals surface area contributed by atoms with Crippen LogP contribution in [0.2, 0.25) is 0 Å². The fourth-order valence-corrected chi connectivity index (χ4v) is 9.39. The van der Waals surface area contributed by atoms with Crippen LogP contribution in [-0.2, 0) is 0 Å². The van der Waals surface area contributed by atoms with E-state index in [4.69, 9.17) is 4.42 Å². The molecule has 3 heteroatoms. The molecule has 0 N–H and O–H groups in total. The van der Waals surface area contributed by atoms with Gasteiger partial charge in [-0.2, -0.15) is 0 Å². The highest BCUT2D eigenvalue weighted by molar-refractivity contribution is 7.26. The summed E-state index contributed by atoms with van der Waals surface area (Å²) >= 11 is 1.87. The minimum atomic E-state index is 0.903. The van der Waals surface area contributed by atoms with Gasteiger partial charge in [-0.25, -0.2) is 0 Å². The molecular weight excluding hydrogens is 687 g/mol. The van der Waals surface area contributed by atoms with Crippen LogP contribution in [0, 0.1) is 0 Å². The summed E-state index contributed by atoms with van der Waals surface area (Å²) in [5.74, 6) is 0. The molecule has 0 aliphatic heterocycles. The number of anilines is 3. The average molecular weight is 720 g/mol. The zero-order valence-electron chi connectivity index (χ0n) is 29.8. The van der Waals surface area contributed by atoms with Crippen molar-refractivity contribution in [3.63, 3.8) is 0 Å². The van der Waals surface area contributed by atoms with Crippen LogP contribution in [0.25, 0.3) is 86.3 Å². The Bertz CT molecular complexity index is 3210. The van der Waals surface area contributed by atoms with E-state index in [-0.39, 0.29) is 0 Å². The molecule has 0 fully saturated rings. The summed E-state index contributed by atoms with van der Waals surface area (Å²) in [6, 6.07) is 72.3. The van der Waals surface area contributed by atoms with Crippen molar-refractivity contribution in [2.24, 2.45) is 0 Å². The molecule has 2 nitrogen and oxygen atoms in total. The van der Waals surface area contributed by atoms with Gasteiger partial charge in [0.15, 0.2) is 0 Å². The topological polar surface area (TPSA) is 16.4 Å². The van der Waals surface area contributed by atoms with Crippen LogP contribution in [0.1, 0.15) is 0 Å². The van der Waals surface area contributed by atoms with Gasteiger partial charge < -0.3 is 9.32 Å². The number of para-hydroxylation sites is 2. The van der Waals surface area contributed by atoms with Crippen molar-refractivity contribution in [3.8, 4) is 33.4 Å². The molecule has 11 rings (SSSR count). The summed E-state index contributed by atoms with van der Waals surface area (Å²) in [5.41, 5.74) is 12.2. The highest BCUT2D eigenvalue weighted by Gasteiger charge is 2.20. The Labute approximate surface area is 322 Å². The van der Waals surface area contributed by atoms with Gasteiger partial charge in [-0.15, -0.1) is 11.3 Å². The molecule has 11 aromatic rings. The molecule has 0 aliphatic carbocycles. The van der Waals surface area contributed by atoms with E-state index >= 15 is 0 Å². The van der Waals surface area contributed by atoms with Crippen molar-refractivity contribution in [2.75, 3.05) is 4.90 Å². The molecule has 258 valence electrons. The van der Waals surface area contributed by atoms with E-state index in [1.807, 2.05) is 23.5 Å². The lowest BCUT2D eigenvalue weighted by molar-refractivity contribution is 0.669. The first kappa shape index (κ1) is 31.6. The van der Waals surface area contributed by atoms with Gasteiger partial charge >= 0.3 is 0 Å². The number of benzene rings is 9. The van der Waals surface area contributed by atoms with Crippen molar-refractivity contribution < 1.29 is 4.42 Å². The van der Waals surface area contributed by atoms with Crippen LogP contribution in [0.15, 0.2) is 205 Å². The molecular formula is C52H33NOS. The summed E-state index contributed by atoms with van der Waals surface area (Å²) in [7, 11) is 0. The highest BCUT2D eigenvalue weighted by Crippen LogP contribution is 2.46. The predicted octanol–water partition coefficient (Wildman–Crippen LogP) is 15.6. The number of rotatable bonds is 6. The molecule has 0 saturated heterocycles. The van der Waals surface area contributed by atoms with Crippen molar-refractivity contribution in [1.29, 1.82) is 0 Å². The third-order valence-electron chi connectivity index (χ3n) is 10.9. The first-order chi connectivity index (χ1) is 27.2. The number of fused-ring (bicyclic) bond motifs is 7. The molecule has 2 aromatic heterocycles. The van der Waals surface area contributed by atoms with Gasteiger partial charge in [-0.3, -0.25) is 0 Å². The van der Waals surface area contributed by atoms with Crippen LogP contribution in [0.4, 0.5) is 17.1 Å². The Morgan fingerprint density at radius 1 is 0.364 bits per heavy atom. The van der Waals surface area contributed by atoms with E-state index in [1.165, 1.54) is 53.2 Å². The normalized spacial score (nSPS) is 11.6. The van der Waals surface area contributed by atoms with Gasteiger partial charge in [0.25, 0.3) is 0 Å². The fourth-order valence-electron chi connectivity index (χ4n) is 8.16. The molecule has 9 aromatic carbocycles. The molecule has 0 saturated carbocycles. The maximum Gasteiger partial charge on any atom is 0.136 e. The Balaban J connectivity index is 1.04. The number of nitrogens with zero attached hydrogens (tertiary/aromatic N) is 1. The van der Waals surface area contributed by atoms with Crippen LogP contribution in [-0.4, -0.2) is 0 Å². The van der Waals surface area contributed by atoms with E-state index in [2.05, 4.69) is 193 Å². The Morgan fingerprint density at radius 3 is 1.76 bits per heavy atom. The van der Waals surface area contributed by atoms with Crippen molar-refractivity contribution in [2.45, 2.75) is 0 Å². The van der Waals surface area contributed by atoms with Crippen molar-refractivity contribution >= 4 is 81.3 Å². The lowest BCUT2D eigenvalue weighted by Gasteiger charge is -2.28. The van der Waals surface area contributed by atoms with Gasteiger partial charge in [-0.1, -0.05) is 140 Å². The number of hydrogen-bond donors (Lipinski definition) is 0. The molecule has 0 atom stereocenters. The standard InChI is InChI=1S/C52H33NOS/c1-2-11-37-32-38(21-20-34(37)10-1)35-22-27-40(28-23-35)53(41-29-24-36(25-30-41)39-26-31-44-43-13-4-7-18-49(43)54-50(44)33-39)48-17-6-3-12-42(48)46-15-9-16-47-45-14-5-8-19-51(45)55-52(46)47/h1-33H. The maximum absolute atomic E-state index is 6.25. The quantitative estimate of drug-likeness (QED) is 0.170. The van der Waals surface area contributed by atoms with E-state index in [0.717, 1.165) is 50.1 Å². The first-order valence-corrected chi connectivity index (χ1v) is 19.5. The lowest BCUT2D eigenvalue weighted by Crippen LogP contribution is -2.11. The third-order valence-corrected chi connectivity index (χ3v) is 12.1. The molecule has 55 heavy (non-hydrogen) atoms. The minimum Gasteiger partial charge on any atom is -0.456 e. The first-order valence-electron chi connectivity index (χ1n) is 18.7. The second kappa shape index (κ2) is 12.9. The number of thiophene rings is 1. The summed E-state index contributed by atoms with van der Waals surface area (Å²) in [6.07, 6.45) is 0. The SMILES string of the molecule is c1ccc(N(c2ccc(-c3ccc4ccccc4c3)cc2)c2ccc(-c3ccc4c(c3)oc3ccccc34)cc2)c(-c2cccc3c2sc2ccccc23)c1. The van der Waals surface area contributed by atoms with Crippen LogP contribution >= 0.6 is 11.3 Å². The Morgan fingerprint density at radius 2 is 0.945 bits per heavy atom. The largest absolute Gasteiger partial charge is 0.456 e. The molecule has 0 aliphatic rings. The average Bonchev–Trinajstić information content (AvgIpc) is 3.83. The third kappa shape index (κ3) is 5.40. The number of furan rings is 1. The Hall–Kier alpha value is -6.94. The molecule has 0 radical (unpaired) electrons. The van der Waals surface area contributed by atoms with E-state index < -0.39 is 0 Å². The summed E-state index contributed by atoms with van der Waals surface area (Å²) in [5, 5.41) is 7.38. The molecule has 0 unspecified atom stereocenters. The number of hydrogen-bond acceptors (Lipinski definition) is 3. The summed E-state index contributed by atoms with van der Waals surface area (Å²) < 4.78 is 8.86. The zero-order chi connectivity index (χ0) is 36.3. The predicted molar refractivity (Wildman–Crippen MR) is 235 cm³/mol. The molecule has 2 heterocycles. The maximum atomic E-state index is 6.25. The van der Waals surface area contributed by atoms with Crippen LogP contribution in [0.3, 0.4) is 0 Å². The van der Waals surface area contributed by atoms with E-state index in [1.54, 1.807) is 0 Å². The fraction of sp³-hybridized carbons (Fsp3) is 0. The van der Waals surface area contributed by atoms with Crippen molar-refractivity contribution in [3.05, 3.63) is 200 Å². The molecule has 0 amide bonds. The zero-order valence-corrected chi connectivity index (χ0v) is 30.6. The minimum absolute atomic E-state index is 0.903. The van der Waals surface area contributed by atoms with Gasteiger partial charge in [0.2, 0.25) is 0 Å². The van der Waals surface area contributed by atoms with Gasteiger partial charge in [0.05, 0.1) is 5.69 Å². The van der Waals surface area contributed by atoms with Gasteiger partial charge in [0, 0.05) is 53.4 Å². The van der Waals surface area contributed by atoms with Crippen LogP contribution < -0.4 is 4.90 Å². The van der Waals surface area contributed by atoms with Gasteiger partial charge in [0.1, 0.15) is 11.2 Å². The van der Waals surface area contributed by atoms with Crippen LogP contribution in [0.5, 0.6) is 0 Å². The van der Waals surface area contributed by atoms with Gasteiger partial charge in [-0.05, 0) is 93.7 Å². The second-order valence-corrected chi connectivity index (χ2v) is 15.2. The molecule has 0 spiro atoms. The summed E-state index contributed by atoms with van der Waals surface area (Å²) in [6.45, 7) is 0. The Kier molecular flexibility index (Phi) is 7.39. The summed E-state index contributed by atoms with van der Waals surface area (Å²) in [4.78, 5) is 2.40. The smallest absolute Gasteiger partial charge is 0.136 e. The van der Waals surface area contributed by atoms with E-state index in [0.29, 0.717) is 0 Å². The lowest BCUT2D eigenvalue weighted by atomic mass is 9.98. The van der Waals surface area contributed by atoms with E-state index in [9.17, 15) is 0 Å². The second-order valence-electron chi connectivity index (χ2n) is 14.1.